The Morgan fingerprint density at radius 3 is 1.08 bits per heavy atom. The fourth-order valence-corrected chi connectivity index (χ4v) is 11.0. The molecule has 0 unspecified atom stereocenters. The normalized spacial score (nSPS) is 11.6. The average molecular weight is 835 g/mol. The zero-order chi connectivity index (χ0) is 43.6. The Balaban J connectivity index is 1.02. The van der Waals surface area contributed by atoms with Crippen molar-refractivity contribution in [3.05, 3.63) is 255 Å². The van der Waals surface area contributed by atoms with Gasteiger partial charge in [-0.2, -0.15) is 0 Å². The molecule has 0 radical (unpaired) electrons. The van der Waals surface area contributed by atoms with E-state index in [-0.39, 0.29) is 0 Å². The Bertz CT molecular complexity index is 3950. The van der Waals surface area contributed by atoms with Crippen LogP contribution in [0.2, 0.25) is 0 Å². The highest BCUT2D eigenvalue weighted by Gasteiger charge is 2.22. The SMILES string of the molecule is c1ccc(-c2ccc3c(-c4ccc(-c5c6ccccc6c(-c6ccccc6-c6cc7ccccc7c7ccccc67)c6ccccc56)cc4)c4ccccc4c(-c4ccccc4)c3c2)cc1. The average Bonchev–Trinajstić information content (AvgIpc) is 3.39. The molecule has 0 spiro atoms. The molecular formula is C66H42. The summed E-state index contributed by atoms with van der Waals surface area (Å²) >= 11 is 0. The number of benzene rings is 13. The predicted molar refractivity (Wildman–Crippen MR) is 284 cm³/mol. The van der Waals surface area contributed by atoms with Crippen molar-refractivity contribution in [2.45, 2.75) is 0 Å². The number of hydrogen-bond donors (Lipinski definition) is 0. The summed E-state index contributed by atoms with van der Waals surface area (Å²) < 4.78 is 0. The Labute approximate surface area is 384 Å². The molecule has 0 amide bonds. The molecular weight excluding hydrogens is 793 g/mol. The van der Waals surface area contributed by atoms with Crippen LogP contribution in [0.5, 0.6) is 0 Å². The first-order valence-corrected chi connectivity index (χ1v) is 22.9. The van der Waals surface area contributed by atoms with E-state index in [1.165, 1.54) is 131 Å². The summed E-state index contributed by atoms with van der Waals surface area (Å²) in [7, 11) is 0. The molecule has 0 saturated carbocycles. The van der Waals surface area contributed by atoms with Crippen molar-refractivity contribution in [1.29, 1.82) is 0 Å². The maximum absolute atomic E-state index is 2.40. The molecule has 13 rings (SSSR count). The lowest BCUT2D eigenvalue weighted by Gasteiger charge is -2.21. The summed E-state index contributed by atoms with van der Waals surface area (Å²) in [4.78, 5) is 0. The zero-order valence-electron chi connectivity index (χ0n) is 36.2. The third-order valence-electron chi connectivity index (χ3n) is 13.8. The van der Waals surface area contributed by atoms with Crippen LogP contribution in [-0.2, 0) is 0 Å². The monoisotopic (exact) mass is 834 g/mol. The fraction of sp³-hybridized carbons (Fsp3) is 0. The minimum Gasteiger partial charge on any atom is -0.0622 e. The summed E-state index contributed by atoms with van der Waals surface area (Å²) in [5.74, 6) is 0. The van der Waals surface area contributed by atoms with Gasteiger partial charge in [0.25, 0.3) is 0 Å². The quantitative estimate of drug-likeness (QED) is 0.116. The fourth-order valence-electron chi connectivity index (χ4n) is 11.0. The van der Waals surface area contributed by atoms with Gasteiger partial charge in [0.05, 0.1) is 0 Å². The molecule has 13 aromatic carbocycles. The molecule has 0 bridgehead atoms. The van der Waals surface area contributed by atoms with E-state index >= 15 is 0 Å². The van der Waals surface area contributed by atoms with Gasteiger partial charge >= 0.3 is 0 Å². The molecule has 13 aromatic rings. The Kier molecular flexibility index (Phi) is 8.96. The van der Waals surface area contributed by atoms with E-state index in [0.717, 1.165) is 0 Å². The molecule has 0 fully saturated rings. The van der Waals surface area contributed by atoms with Gasteiger partial charge < -0.3 is 0 Å². The van der Waals surface area contributed by atoms with Crippen LogP contribution in [0, 0.1) is 0 Å². The molecule has 0 aromatic heterocycles. The van der Waals surface area contributed by atoms with E-state index in [4.69, 9.17) is 0 Å². The summed E-state index contributed by atoms with van der Waals surface area (Å²) in [6.45, 7) is 0. The first-order valence-electron chi connectivity index (χ1n) is 22.9. The number of rotatable bonds is 6. The van der Waals surface area contributed by atoms with Gasteiger partial charge in [0.2, 0.25) is 0 Å². The Morgan fingerprint density at radius 2 is 0.515 bits per heavy atom. The van der Waals surface area contributed by atoms with Crippen molar-refractivity contribution in [3.8, 4) is 66.8 Å². The Hall–Kier alpha value is -8.58. The molecule has 0 nitrogen and oxygen atoms in total. The van der Waals surface area contributed by atoms with E-state index in [2.05, 4.69) is 255 Å². The molecule has 0 heterocycles. The highest BCUT2D eigenvalue weighted by Crippen LogP contribution is 2.49. The lowest BCUT2D eigenvalue weighted by molar-refractivity contribution is 1.62. The number of fused-ring (bicyclic) bond motifs is 7. The van der Waals surface area contributed by atoms with Crippen LogP contribution in [0.1, 0.15) is 0 Å². The number of hydrogen-bond acceptors (Lipinski definition) is 0. The van der Waals surface area contributed by atoms with Gasteiger partial charge in [-0.3, -0.25) is 0 Å². The molecule has 0 saturated heterocycles. The molecule has 0 aliphatic rings. The van der Waals surface area contributed by atoms with Crippen LogP contribution >= 0.6 is 0 Å². The molecule has 66 heavy (non-hydrogen) atoms. The summed E-state index contributed by atoms with van der Waals surface area (Å²) in [5.41, 5.74) is 14.8. The Morgan fingerprint density at radius 1 is 0.152 bits per heavy atom. The first kappa shape index (κ1) is 37.9. The topological polar surface area (TPSA) is 0 Å². The third kappa shape index (κ3) is 6.07. The second-order valence-electron chi connectivity index (χ2n) is 17.4. The van der Waals surface area contributed by atoms with Crippen molar-refractivity contribution >= 4 is 64.6 Å². The molecule has 0 aliphatic heterocycles. The molecule has 0 N–H and O–H groups in total. The van der Waals surface area contributed by atoms with Crippen molar-refractivity contribution in [1.82, 2.24) is 0 Å². The third-order valence-corrected chi connectivity index (χ3v) is 13.8. The van der Waals surface area contributed by atoms with E-state index in [1.54, 1.807) is 0 Å². The van der Waals surface area contributed by atoms with E-state index in [0.29, 0.717) is 0 Å². The van der Waals surface area contributed by atoms with Crippen LogP contribution < -0.4 is 0 Å². The van der Waals surface area contributed by atoms with Crippen molar-refractivity contribution in [2.75, 3.05) is 0 Å². The summed E-state index contributed by atoms with van der Waals surface area (Å²) in [6, 6.07) is 94.1. The maximum atomic E-state index is 2.40. The summed E-state index contributed by atoms with van der Waals surface area (Å²) in [6.07, 6.45) is 0. The maximum Gasteiger partial charge on any atom is -0.00201 e. The minimum atomic E-state index is 1.20. The second kappa shape index (κ2) is 15.6. The van der Waals surface area contributed by atoms with Gasteiger partial charge in [-0.1, -0.05) is 243 Å². The zero-order valence-corrected chi connectivity index (χ0v) is 36.2. The minimum absolute atomic E-state index is 1.20. The van der Waals surface area contributed by atoms with E-state index in [9.17, 15) is 0 Å². The second-order valence-corrected chi connectivity index (χ2v) is 17.4. The van der Waals surface area contributed by atoms with Gasteiger partial charge in [-0.25, -0.2) is 0 Å². The summed E-state index contributed by atoms with van der Waals surface area (Å²) in [5, 5.41) is 15.1. The highest BCUT2D eigenvalue weighted by atomic mass is 14.2. The van der Waals surface area contributed by atoms with Crippen LogP contribution in [0.3, 0.4) is 0 Å². The van der Waals surface area contributed by atoms with Crippen LogP contribution in [0.25, 0.3) is 131 Å². The van der Waals surface area contributed by atoms with Crippen LogP contribution in [0.4, 0.5) is 0 Å². The lowest BCUT2D eigenvalue weighted by Crippen LogP contribution is -1.94. The van der Waals surface area contributed by atoms with Gasteiger partial charge in [0, 0.05) is 0 Å². The van der Waals surface area contributed by atoms with Crippen molar-refractivity contribution < 1.29 is 0 Å². The van der Waals surface area contributed by atoms with Crippen LogP contribution in [-0.4, -0.2) is 0 Å². The van der Waals surface area contributed by atoms with Gasteiger partial charge in [0.15, 0.2) is 0 Å². The van der Waals surface area contributed by atoms with Crippen molar-refractivity contribution in [2.24, 2.45) is 0 Å². The van der Waals surface area contributed by atoms with Gasteiger partial charge in [0.1, 0.15) is 0 Å². The van der Waals surface area contributed by atoms with Crippen LogP contribution in [0.15, 0.2) is 255 Å². The lowest BCUT2D eigenvalue weighted by atomic mass is 9.82. The van der Waals surface area contributed by atoms with E-state index in [1.807, 2.05) is 0 Å². The standard InChI is InChI=1S/C66H42/c1-3-19-43(20-4-1)47-39-40-60-62(41-47)65(44-21-5-2-6-22-44)55-30-14-13-29-54(55)64(60)46-37-35-45(36-38-46)63-56-31-15-17-33-58(56)66(59-34-18-16-32-57(59)63)53-28-12-11-27-52(53)61-42-48-23-7-8-24-49(48)50-25-9-10-26-51(50)61/h1-42H. The molecule has 0 atom stereocenters. The molecule has 306 valence electrons. The smallest absolute Gasteiger partial charge is 0.00201 e. The van der Waals surface area contributed by atoms with Gasteiger partial charge in [-0.05, 0) is 144 Å². The van der Waals surface area contributed by atoms with Gasteiger partial charge in [-0.15, -0.1) is 0 Å². The van der Waals surface area contributed by atoms with Crippen molar-refractivity contribution in [3.63, 3.8) is 0 Å². The highest BCUT2D eigenvalue weighted by molar-refractivity contribution is 6.25. The molecule has 0 heteroatoms. The largest absolute Gasteiger partial charge is 0.0622 e. The predicted octanol–water partition coefficient (Wildman–Crippen LogP) is 18.6. The first-order chi connectivity index (χ1) is 32.8. The molecule has 0 aliphatic carbocycles. The van der Waals surface area contributed by atoms with E-state index < -0.39 is 0 Å².